The number of halogens is 3. The fourth-order valence-corrected chi connectivity index (χ4v) is 4.65. The number of carbonyl (C=O) groups excluding carboxylic acids is 2. The molecule has 36 heavy (non-hydrogen) atoms. The Hall–Kier alpha value is -2.20. The van der Waals surface area contributed by atoms with Crippen molar-refractivity contribution >= 4 is 62.3 Å². The highest BCUT2D eigenvalue weighted by Crippen LogP contribution is 2.33. The van der Waals surface area contributed by atoms with E-state index in [0.29, 0.717) is 22.2 Å². The standard InChI is InChI=1S/C24H30Cl3N3O5S/c1-15(2)12-28-24(32)16(3)29(13-17-6-8-19(26)20(27)10-17)23(31)14-30(36(5,33)34)21-11-18(25)7-9-22(21)35-4/h6-11,15-16H,12-14H2,1-5H3,(H,28,32)/t16-/m1/s1. The normalized spacial score (nSPS) is 12.2. The van der Waals surface area contributed by atoms with E-state index in [9.17, 15) is 18.0 Å². The summed E-state index contributed by atoms with van der Waals surface area (Å²) < 4.78 is 31.7. The Balaban J connectivity index is 2.46. The van der Waals surface area contributed by atoms with E-state index in [4.69, 9.17) is 39.5 Å². The molecule has 198 valence electrons. The second kappa shape index (κ2) is 12.9. The fourth-order valence-electron chi connectivity index (χ4n) is 3.32. The predicted molar refractivity (Wildman–Crippen MR) is 145 cm³/mol. The largest absolute Gasteiger partial charge is 0.495 e. The van der Waals surface area contributed by atoms with Crippen molar-refractivity contribution in [1.82, 2.24) is 10.2 Å². The molecule has 0 aliphatic carbocycles. The highest BCUT2D eigenvalue weighted by Gasteiger charge is 2.31. The number of hydrogen-bond acceptors (Lipinski definition) is 5. The summed E-state index contributed by atoms with van der Waals surface area (Å²) in [5, 5.41) is 3.72. The lowest BCUT2D eigenvalue weighted by molar-refractivity contribution is -0.139. The number of nitrogens with zero attached hydrogens (tertiary/aromatic N) is 2. The molecule has 0 saturated carbocycles. The fraction of sp³-hybridized carbons (Fsp3) is 0.417. The predicted octanol–water partition coefficient (Wildman–Crippen LogP) is 4.61. The van der Waals surface area contributed by atoms with Crippen LogP contribution in [-0.4, -0.2) is 57.6 Å². The molecule has 0 unspecified atom stereocenters. The van der Waals surface area contributed by atoms with E-state index in [1.54, 1.807) is 31.2 Å². The minimum Gasteiger partial charge on any atom is -0.495 e. The zero-order chi connectivity index (χ0) is 27.2. The number of methoxy groups -OCH3 is 1. The van der Waals surface area contributed by atoms with E-state index in [1.165, 1.54) is 24.1 Å². The molecule has 2 aromatic carbocycles. The molecule has 12 heteroatoms. The second-order valence-electron chi connectivity index (χ2n) is 8.67. The summed E-state index contributed by atoms with van der Waals surface area (Å²) >= 11 is 18.3. The average Bonchev–Trinajstić information content (AvgIpc) is 2.80. The number of rotatable bonds is 11. The van der Waals surface area contributed by atoms with Gasteiger partial charge in [0.2, 0.25) is 21.8 Å². The average molecular weight is 579 g/mol. The van der Waals surface area contributed by atoms with Crippen LogP contribution in [0.2, 0.25) is 15.1 Å². The van der Waals surface area contributed by atoms with Gasteiger partial charge in [0, 0.05) is 18.1 Å². The molecule has 2 aromatic rings. The highest BCUT2D eigenvalue weighted by atomic mass is 35.5. The molecule has 0 spiro atoms. The van der Waals surface area contributed by atoms with E-state index in [2.05, 4.69) is 5.32 Å². The van der Waals surface area contributed by atoms with E-state index in [-0.39, 0.29) is 34.8 Å². The lowest BCUT2D eigenvalue weighted by Crippen LogP contribution is -2.51. The summed E-state index contributed by atoms with van der Waals surface area (Å²) in [5.74, 6) is -0.558. The third-order valence-corrected chi connectivity index (χ3v) is 7.38. The van der Waals surface area contributed by atoms with Crippen LogP contribution < -0.4 is 14.4 Å². The number of benzene rings is 2. The van der Waals surface area contributed by atoms with Crippen LogP contribution in [0.1, 0.15) is 26.3 Å². The topological polar surface area (TPSA) is 96.0 Å². The minimum atomic E-state index is -3.94. The van der Waals surface area contributed by atoms with Crippen LogP contribution in [0.25, 0.3) is 0 Å². The van der Waals surface area contributed by atoms with Crippen LogP contribution in [-0.2, 0) is 26.2 Å². The number of anilines is 1. The Morgan fingerprint density at radius 2 is 1.69 bits per heavy atom. The Morgan fingerprint density at radius 1 is 1.03 bits per heavy atom. The zero-order valence-corrected chi connectivity index (χ0v) is 23.8. The number of ether oxygens (including phenoxy) is 1. The number of sulfonamides is 1. The van der Waals surface area contributed by atoms with Gasteiger partial charge in [-0.2, -0.15) is 0 Å². The van der Waals surface area contributed by atoms with Gasteiger partial charge < -0.3 is 15.0 Å². The Kier molecular flexibility index (Phi) is 10.7. The molecule has 0 saturated heterocycles. The maximum atomic E-state index is 13.6. The third kappa shape index (κ3) is 8.16. The molecule has 0 fully saturated rings. The van der Waals surface area contributed by atoms with Crippen LogP contribution in [0, 0.1) is 5.92 Å². The van der Waals surface area contributed by atoms with Crippen molar-refractivity contribution in [2.45, 2.75) is 33.4 Å². The summed E-state index contributed by atoms with van der Waals surface area (Å²) in [6.07, 6.45) is 0.975. The summed E-state index contributed by atoms with van der Waals surface area (Å²) in [5.41, 5.74) is 0.722. The van der Waals surface area contributed by atoms with Crippen LogP contribution in [0.4, 0.5) is 5.69 Å². The van der Waals surface area contributed by atoms with Gasteiger partial charge in [-0.3, -0.25) is 13.9 Å². The summed E-state index contributed by atoms with van der Waals surface area (Å²) in [6, 6.07) is 8.41. The molecule has 0 radical (unpaired) electrons. The van der Waals surface area contributed by atoms with Crippen molar-refractivity contribution in [3.05, 3.63) is 57.0 Å². The molecule has 0 bridgehead atoms. The SMILES string of the molecule is COc1ccc(Cl)cc1N(CC(=O)N(Cc1ccc(Cl)c(Cl)c1)[C@H](C)C(=O)NCC(C)C)S(C)(=O)=O. The monoisotopic (exact) mass is 577 g/mol. The number of amides is 2. The van der Waals surface area contributed by atoms with Crippen molar-refractivity contribution in [1.29, 1.82) is 0 Å². The van der Waals surface area contributed by atoms with Crippen molar-refractivity contribution in [2.24, 2.45) is 5.92 Å². The summed E-state index contributed by atoms with van der Waals surface area (Å²) in [6.45, 7) is 5.32. The van der Waals surface area contributed by atoms with Crippen molar-refractivity contribution in [3.63, 3.8) is 0 Å². The quantitative estimate of drug-likeness (QED) is 0.420. The number of hydrogen-bond donors (Lipinski definition) is 1. The van der Waals surface area contributed by atoms with Crippen LogP contribution in [0.5, 0.6) is 5.75 Å². The number of carbonyl (C=O) groups is 2. The molecule has 1 N–H and O–H groups in total. The molecular weight excluding hydrogens is 549 g/mol. The smallest absolute Gasteiger partial charge is 0.244 e. The first-order chi connectivity index (χ1) is 16.7. The van der Waals surface area contributed by atoms with Gasteiger partial charge in [-0.25, -0.2) is 8.42 Å². The third-order valence-electron chi connectivity index (χ3n) is 5.28. The van der Waals surface area contributed by atoms with Crippen LogP contribution in [0.15, 0.2) is 36.4 Å². The number of nitrogens with one attached hydrogen (secondary N) is 1. The Bertz CT molecular complexity index is 1210. The molecule has 0 heterocycles. The van der Waals surface area contributed by atoms with Gasteiger partial charge in [-0.05, 0) is 48.7 Å². The Labute approximate surface area is 227 Å². The minimum absolute atomic E-state index is 0.00370. The van der Waals surface area contributed by atoms with Gasteiger partial charge in [-0.15, -0.1) is 0 Å². The lowest BCUT2D eigenvalue weighted by Gasteiger charge is -2.32. The first-order valence-electron chi connectivity index (χ1n) is 11.1. The maximum Gasteiger partial charge on any atom is 0.244 e. The van der Waals surface area contributed by atoms with Gasteiger partial charge >= 0.3 is 0 Å². The van der Waals surface area contributed by atoms with Crippen molar-refractivity contribution in [3.8, 4) is 5.75 Å². The van der Waals surface area contributed by atoms with E-state index >= 15 is 0 Å². The first-order valence-corrected chi connectivity index (χ1v) is 14.0. The van der Waals surface area contributed by atoms with Gasteiger partial charge in [0.05, 0.1) is 29.1 Å². The summed E-state index contributed by atoms with van der Waals surface area (Å²) in [7, 11) is -2.56. The summed E-state index contributed by atoms with van der Waals surface area (Å²) in [4.78, 5) is 27.8. The molecule has 2 amide bonds. The molecule has 1 atom stereocenters. The molecule has 0 aliphatic rings. The molecular formula is C24H30Cl3N3O5S. The first kappa shape index (κ1) is 30.0. The van der Waals surface area contributed by atoms with E-state index in [1.807, 2.05) is 13.8 Å². The molecule has 0 aromatic heterocycles. The van der Waals surface area contributed by atoms with Crippen LogP contribution in [0.3, 0.4) is 0 Å². The Morgan fingerprint density at radius 3 is 2.25 bits per heavy atom. The van der Waals surface area contributed by atoms with Gasteiger partial charge in [0.15, 0.2) is 0 Å². The molecule has 8 nitrogen and oxygen atoms in total. The second-order valence-corrected chi connectivity index (χ2v) is 11.8. The van der Waals surface area contributed by atoms with Gasteiger partial charge in [-0.1, -0.05) is 54.7 Å². The van der Waals surface area contributed by atoms with Crippen LogP contribution >= 0.6 is 34.8 Å². The van der Waals surface area contributed by atoms with E-state index in [0.717, 1.165) is 10.6 Å². The lowest BCUT2D eigenvalue weighted by atomic mass is 10.1. The zero-order valence-electron chi connectivity index (χ0n) is 20.7. The molecule has 0 aliphatic heterocycles. The van der Waals surface area contributed by atoms with E-state index < -0.39 is 28.5 Å². The highest BCUT2D eigenvalue weighted by molar-refractivity contribution is 7.92. The maximum absolute atomic E-state index is 13.6. The van der Waals surface area contributed by atoms with Gasteiger partial charge in [0.1, 0.15) is 18.3 Å². The van der Waals surface area contributed by atoms with Gasteiger partial charge in [0.25, 0.3) is 0 Å². The van der Waals surface area contributed by atoms with Crippen molar-refractivity contribution in [2.75, 3.05) is 30.8 Å². The molecule has 2 rings (SSSR count). The van der Waals surface area contributed by atoms with Crippen molar-refractivity contribution < 1.29 is 22.7 Å².